The molecule has 2 rings (SSSR count). The number of likely N-dealkylation sites (tertiary alicyclic amines) is 1. The number of rotatable bonds is 1. The minimum Gasteiger partial charge on any atom is -0.400 e. The van der Waals surface area contributed by atoms with Gasteiger partial charge in [-0.3, -0.25) is 4.79 Å². The van der Waals surface area contributed by atoms with Gasteiger partial charge in [0.25, 0.3) is 0 Å². The Labute approximate surface area is 127 Å². The van der Waals surface area contributed by atoms with Crippen molar-refractivity contribution >= 4 is 17.5 Å². The summed E-state index contributed by atoms with van der Waals surface area (Å²) in [6.07, 6.45) is 2.25. The van der Waals surface area contributed by atoms with Crippen molar-refractivity contribution in [3.05, 3.63) is 34.9 Å². The number of halogens is 1. The molecule has 4 heteroatoms. The molecule has 1 unspecified atom stereocenters. The predicted molar refractivity (Wildman–Crippen MR) is 85.2 cm³/mol. The van der Waals surface area contributed by atoms with Crippen LogP contribution >= 0.6 is 11.6 Å². The van der Waals surface area contributed by atoms with Gasteiger partial charge in [-0.05, 0) is 30.5 Å². The van der Waals surface area contributed by atoms with Crippen LogP contribution in [-0.2, 0) is 4.79 Å². The number of benzene rings is 1. The van der Waals surface area contributed by atoms with Gasteiger partial charge in [0, 0.05) is 38.1 Å². The van der Waals surface area contributed by atoms with Gasteiger partial charge >= 0.3 is 0 Å². The molecule has 1 amide bonds. The van der Waals surface area contributed by atoms with Crippen LogP contribution in [0.3, 0.4) is 0 Å². The number of hydrogen-bond donors (Lipinski definition) is 1. The van der Waals surface area contributed by atoms with E-state index in [0.717, 1.165) is 38.1 Å². The molecule has 1 aromatic rings. The van der Waals surface area contributed by atoms with Crippen molar-refractivity contribution in [1.29, 1.82) is 0 Å². The molecule has 0 spiro atoms. The van der Waals surface area contributed by atoms with Crippen LogP contribution in [0.4, 0.5) is 0 Å². The summed E-state index contributed by atoms with van der Waals surface area (Å²) in [5, 5.41) is 7.77. The normalized spacial score (nSPS) is 17.3. The lowest BCUT2D eigenvalue weighted by atomic mass is 9.91. The molecular formula is C16H26ClNO2. The standard InChI is InChI=1S/C13H16ClNO.C2H6.CH4O/c1-10(16)15-8-2-3-12(9-15)11-4-6-13(14)7-5-11;2*1-2/h4-7,12H,2-3,8-9H2,1H3;1-2H3;2H,1H3. The lowest BCUT2D eigenvalue weighted by Gasteiger charge is -2.32. The van der Waals surface area contributed by atoms with Gasteiger partial charge in [0.2, 0.25) is 5.91 Å². The van der Waals surface area contributed by atoms with E-state index in [9.17, 15) is 4.79 Å². The third-order valence-electron chi connectivity index (χ3n) is 3.21. The highest BCUT2D eigenvalue weighted by atomic mass is 35.5. The number of amides is 1. The van der Waals surface area contributed by atoms with E-state index < -0.39 is 0 Å². The molecule has 1 saturated heterocycles. The average molecular weight is 300 g/mol. The summed E-state index contributed by atoms with van der Waals surface area (Å²) in [6.45, 7) is 7.39. The van der Waals surface area contributed by atoms with Gasteiger partial charge < -0.3 is 10.0 Å². The molecule has 1 heterocycles. The summed E-state index contributed by atoms with van der Waals surface area (Å²) in [5.74, 6) is 0.647. The third kappa shape index (κ3) is 5.93. The van der Waals surface area contributed by atoms with E-state index in [-0.39, 0.29) is 5.91 Å². The molecule has 1 aliphatic rings. The molecule has 0 aliphatic carbocycles. The predicted octanol–water partition coefficient (Wildman–Crippen LogP) is 3.70. The Bertz CT molecular complexity index is 379. The van der Waals surface area contributed by atoms with Crippen molar-refractivity contribution in [3.8, 4) is 0 Å². The van der Waals surface area contributed by atoms with E-state index >= 15 is 0 Å². The summed E-state index contributed by atoms with van der Waals surface area (Å²) in [6, 6.07) is 7.97. The Balaban J connectivity index is 0.000000829. The molecule has 1 N–H and O–H groups in total. The van der Waals surface area contributed by atoms with Crippen molar-refractivity contribution < 1.29 is 9.90 Å². The van der Waals surface area contributed by atoms with Crippen molar-refractivity contribution in [3.63, 3.8) is 0 Å². The van der Waals surface area contributed by atoms with E-state index in [1.165, 1.54) is 5.56 Å². The van der Waals surface area contributed by atoms with Crippen LogP contribution in [0.5, 0.6) is 0 Å². The highest BCUT2D eigenvalue weighted by Gasteiger charge is 2.22. The first kappa shape index (κ1) is 18.9. The number of aliphatic hydroxyl groups excluding tert-OH is 1. The maximum atomic E-state index is 11.3. The molecular weight excluding hydrogens is 274 g/mol. The molecule has 1 fully saturated rings. The summed E-state index contributed by atoms with van der Waals surface area (Å²) in [7, 11) is 1.00. The van der Waals surface area contributed by atoms with Crippen LogP contribution in [0.15, 0.2) is 24.3 Å². The number of carbonyl (C=O) groups excluding carboxylic acids is 1. The molecule has 114 valence electrons. The first-order chi connectivity index (χ1) is 9.66. The Morgan fingerprint density at radius 3 is 2.30 bits per heavy atom. The topological polar surface area (TPSA) is 40.5 Å². The number of aliphatic hydroxyl groups is 1. The van der Waals surface area contributed by atoms with Gasteiger partial charge in [0.15, 0.2) is 0 Å². The van der Waals surface area contributed by atoms with Gasteiger partial charge in [-0.2, -0.15) is 0 Å². The Kier molecular flexibility index (Phi) is 10.1. The zero-order chi connectivity index (χ0) is 15.5. The highest BCUT2D eigenvalue weighted by Crippen LogP contribution is 2.27. The largest absolute Gasteiger partial charge is 0.400 e. The zero-order valence-corrected chi connectivity index (χ0v) is 13.7. The molecule has 0 bridgehead atoms. The minimum atomic E-state index is 0.179. The third-order valence-corrected chi connectivity index (χ3v) is 3.46. The molecule has 0 aromatic heterocycles. The van der Waals surface area contributed by atoms with Crippen LogP contribution in [-0.4, -0.2) is 36.1 Å². The smallest absolute Gasteiger partial charge is 0.219 e. The molecule has 0 saturated carbocycles. The SMILES string of the molecule is CC.CC(=O)N1CCCC(c2ccc(Cl)cc2)C1.CO. The average Bonchev–Trinajstić information content (AvgIpc) is 2.52. The van der Waals surface area contributed by atoms with E-state index in [1.807, 2.05) is 30.9 Å². The maximum Gasteiger partial charge on any atom is 0.219 e. The summed E-state index contributed by atoms with van der Waals surface area (Å²) in [5.41, 5.74) is 1.29. The fourth-order valence-corrected chi connectivity index (χ4v) is 2.40. The van der Waals surface area contributed by atoms with Gasteiger partial charge in [-0.15, -0.1) is 0 Å². The first-order valence-electron chi connectivity index (χ1n) is 7.12. The molecule has 1 atom stereocenters. The summed E-state index contributed by atoms with van der Waals surface area (Å²) >= 11 is 5.87. The van der Waals surface area contributed by atoms with Gasteiger partial charge in [0.1, 0.15) is 0 Å². The fourth-order valence-electron chi connectivity index (χ4n) is 2.27. The quantitative estimate of drug-likeness (QED) is 0.859. The molecule has 1 aliphatic heterocycles. The molecule has 20 heavy (non-hydrogen) atoms. The van der Waals surface area contributed by atoms with Crippen LogP contribution in [0, 0.1) is 0 Å². The monoisotopic (exact) mass is 299 g/mol. The van der Waals surface area contributed by atoms with Crippen molar-refractivity contribution in [1.82, 2.24) is 4.90 Å². The number of carbonyl (C=O) groups is 1. The first-order valence-corrected chi connectivity index (χ1v) is 7.50. The summed E-state index contributed by atoms with van der Waals surface area (Å²) < 4.78 is 0. The van der Waals surface area contributed by atoms with E-state index in [4.69, 9.17) is 16.7 Å². The van der Waals surface area contributed by atoms with Gasteiger partial charge in [0.05, 0.1) is 0 Å². The van der Waals surface area contributed by atoms with Crippen LogP contribution in [0.25, 0.3) is 0 Å². The number of nitrogens with zero attached hydrogens (tertiary/aromatic N) is 1. The van der Waals surface area contributed by atoms with Crippen molar-refractivity contribution in [2.45, 2.75) is 39.5 Å². The second kappa shape index (κ2) is 10.7. The lowest BCUT2D eigenvalue weighted by Crippen LogP contribution is -2.37. The van der Waals surface area contributed by atoms with Gasteiger partial charge in [-0.25, -0.2) is 0 Å². The Morgan fingerprint density at radius 2 is 1.80 bits per heavy atom. The zero-order valence-electron chi connectivity index (χ0n) is 12.9. The molecule has 1 aromatic carbocycles. The second-order valence-electron chi connectivity index (χ2n) is 4.36. The Morgan fingerprint density at radius 1 is 1.25 bits per heavy atom. The van der Waals surface area contributed by atoms with Crippen LogP contribution in [0.1, 0.15) is 45.1 Å². The number of piperidine rings is 1. The molecule has 0 radical (unpaired) electrons. The van der Waals surface area contributed by atoms with E-state index in [0.29, 0.717) is 5.92 Å². The van der Waals surface area contributed by atoms with Crippen LogP contribution in [0.2, 0.25) is 5.02 Å². The maximum absolute atomic E-state index is 11.3. The second-order valence-corrected chi connectivity index (χ2v) is 4.79. The van der Waals surface area contributed by atoms with Crippen LogP contribution < -0.4 is 0 Å². The van der Waals surface area contributed by atoms with Crippen molar-refractivity contribution in [2.24, 2.45) is 0 Å². The van der Waals surface area contributed by atoms with Crippen molar-refractivity contribution in [2.75, 3.05) is 20.2 Å². The van der Waals surface area contributed by atoms with E-state index in [1.54, 1.807) is 6.92 Å². The van der Waals surface area contributed by atoms with Gasteiger partial charge in [-0.1, -0.05) is 37.6 Å². The van der Waals surface area contributed by atoms with E-state index in [2.05, 4.69) is 12.1 Å². The number of hydrogen-bond acceptors (Lipinski definition) is 2. The fraction of sp³-hybridized carbons (Fsp3) is 0.562. The lowest BCUT2D eigenvalue weighted by molar-refractivity contribution is -0.130. The summed E-state index contributed by atoms with van der Waals surface area (Å²) in [4.78, 5) is 13.3. The highest BCUT2D eigenvalue weighted by molar-refractivity contribution is 6.30. The Hall–Kier alpha value is -1.06. The molecule has 3 nitrogen and oxygen atoms in total. The minimum absolute atomic E-state index is 0.179.